The first-order valence-electron chi connectivity index (χ1n) is 5.97. The van der Waals surface area contributed by atoms with Gasteiger partial charge in [-0.05, 0) is 38.7 Å². The first-order valence-corrected chi connectivity index (χ1v) is 5.97. The zero-order valence-corrected chi connectivity index (χ0v) is 10.8. The lowest BCUT2D eigenvalue weighted by molar-refractivity contribution is -0.139. The maximum atomic E-state index is 12.1. The first kappa shape index (κ1) is 13.7. The Labute approximate surface area is 103 Å². The van der Waals surface area contributed by atoms with Crippen LogP contribution in [-0.4, -0.2) is 18.4 Å². The molecule has 0 saturated heterocycles. The van der Waals surface area contributed by atoms with Crippen LogP contribution in [0, 0.1) is 5.41 Å². The van der Waals surface area contributed by atoms with Crippen molar-refractivity contribution >= 4 is 11.8 Å². The van der Waals surface area contributed by atoms with Crippen molar-refractivity contribution in [2.75, 3.05) is 6.61 Å². The number of hydrogen-bond acceptors (Lipinski definition) is 3. The van der Waals surface area contributed by atoms with Crippen LogP contribution < -0.4 is 0 Å². The van der Waals surface area contributed by atoms with Gasteiger partial charge in [-0.15, -0.1) is 0 Å². The predicted molar refractivity (Wildman–Crippen MR) is 66.5 cm³/mol. The highest BCUT2D eigenvalue weighted by Crippen LogP contribution is 2.37. The van der Waals surface area contributed by atoms with Gasteiger partial charge in [-0.3, -0.25) is 4.79 Å². The fraction of sp³-hybridized carbons (Fsp3) is 0.571. The summed E-state index contributed by atoms with van der Waals surface area (Å²) in [6.07, 6.45) is 3.98. The monoisotopic (exact) mass is 236 g/mol. The lowest BCUT2D eigenvalue weighted by Gasteiger charge is -2.31. The van der Waals surface area contributed by atoms with E-state index in [0.717, 1.165) is 18.4 Å². The Morgan fingerprint density at radius 2 is 2.24 bits per heavy atom. The van der Waals surface area contributed by atoms with Crippen LogP contribution in [0.5, 0.6) is 0 Å². The first-order chi connectivity index (χ1) is 7.90. The molecule has 0 amide bonds. The minimum Gasteiger partial charge on any atom is -0.463 e. The Morgan fingerprint density at radius 3 is 2.82 bits per heavy atom. The second kappa shape index (κ2) is 5.30. The van der Waals surface area contributed by atoms with Crippen molar-refractivity contribution in [1.29, 1.82) is 0 Å². The molecule has 0 bridgehead atoms. The van der Waals surface area contributed by atoms with Crippen molar-refractivity contribution in [2.45, 2.75) is 40.0 Å². The maximum Gasteiger partial charge on any atom is 0.333 e. The van der Waals surface area contributed by atoms with Crippen molar-refractivity contribution in [3.63, 3.8) is 0 Å². The Kier molecular flexibility index (Phi) is 4.27. The molecule has 1 aliphatic carbocycles. The summed E-state index contributed by atoms with van der Waals surface area (Å²) in [6.45, 7) is 9.54. The minimum atomic E-state index is -0.497. The number of carbonyl (C=O) groups is 2. The van der Waals surface area contributed by atoms with Crippen LogP contribution in [0.25, 0.3) is 0 Å². The summed E-state index contributed by atoms with van der Waals surface area (Å²) in [5, 5.41) is 0. The molecule has 0 spiro atoms. The molecule has 0 aromatic rings. The molecular weight excluding hydrogens is 216 g/mol. The van der Waals surface area contributed by atoms with Crippen LogP contribution >= 0.6 is 0 Å². The van der Waals surface area contributed by atoms with E-state index in [9.17, 15) is 9.59 Å². The standard InChI is InChI=1S/C14H20O3/c1-5-17-13(16)11(3)9-14(4)8-6-7-10(2)12(14)15/h7H,3,5-6,8-9H2,1-2,4H3. The number of ketones is 1. The van der Waals surface area contributed by atoms with Crippen LogP contribution in [0.1, 0.15) is 40.0 Å². The molecule has 17 heavy (non-hydrogen) atoms. The molecule has 0 saturated carbocycles. The van der Waals surface area contributed by atoms with Gasteiger partial charge >= 0.3 is 5.97 Å². The molecule has 0 aromatic carbocycles. The summed E-state index contributed by atoms with van der Waals surface area (Å²) in [4.78, 5) is 23.6. The van der Waals surface area contributed by atoms with Gasteiger partial charge < -0.3 is 4.74 Å². The molecule has 94 valence electrons. The molecule has 0 N–H and O–H groups in total. The molecule has 1 rings (SSSR count). The summed E-state index contributed by atoms with van der Waals surface area (Å²) in [6, 6.07) is 0. The van der Waals surface area contributed by atoms with Crippen molar-refractivity contribution in [2.24, 2.45) is 5.41 Å². The van der Waals surface area contributed by atoms with E-state index in [4.69, 9.17) is 4.74 Å². The molecule has 0 fully saturated rings. The summed E-state index contributed by atoms with van der Waals surface area (Å²) < 4.78 is 4.89. The smallest absolute Gasteiger partial charge is 0.333 e. The van der Waals surface area contributed by atoms with E-state index in [1.54, 1.807) is 6.92 Å². The molecule has 0 aromatic heterocycles. The zero-order valence-electron chi connectivity index (χ0n) is 10.8. The predicted octanol–water partition coefficient (Wildman–Crippen LogP) is 2.81. The largest absolute Gasteiger partial charge is 0.463 e. The Morgan fingerprint density at radius 1 is 1.59 bits per heavy atom. The van der Waals surface area contributed by atoms with Crippen molar-refractivity contribution < 1.29 is 14.3 Å². The molecular formula is C14H20O3. The van der Waals surface area contributed by atoms with Crippen LogP contribution in [0.3, 0.4) is 0 Å². The third kappa shape index (κ3) is 3.05. The van der Waals surface area contributed by atoms with Gasteiger partial charge in [0.2, 0.25) is 0 Å². The highest BCUT2D eigenvalue weighted by molar-refractivity contribution is 6.01. The summed E-state index contributed by atoms with van der Waals surface area (Å²) in [7, 11) is 0. The lowest BCUT2D eigenvalue weighted by atomic mass is 9.71. The van der Waals surface area contributed by atoms with E-state index in [-0.39, 0.29) is 5.78 Å². The number of allylic oxidation sites excluding steroid dienone is 2. The van der Waals surface area contributed by atoms with Gasteiger partial charge in [0.15, 0.2) is 5.78 Å². The second-order valence-electron chi connectivity index (χ2n) is 4.82. The number of rotatable bonds is 4. The van der Waals surface area contributed by atoms with Gasteiger partial charge in [-0.1, -0.05) is 19.6 Å². The fourth-order valence-electron chi connectivity index (χ4n) is 2.23. The number of hydrogen-bond donors (Lipinski definition) is 0. The van der Waals surface area contributed by atoms with Gasteiger partial charge in [0, 0.05) is 11.0 Å². The number of Topliss-reactive ketones (excluding diaryl/α,β-unsaturated/α-hetero) is 1. The molecule has 3 nitrogen and oxygen atoms in total. The Balaban J connectivity index is 2.74. The van der Waals surface area contributed by atoms with Gasteiger partial charge in [0.1, 0.15) is 0 Å². The van der Waals surface area contributed by atoms with Crippen molar-refractivity contribution in [1.82, 2.24) is 0 Å². The highest BCUT2D eigenvalue weighted by Gasteiger charge is 2.37. The van der Waals surface area contributed by atoms with Gasteiger partial charge in [0.05, 0.1) is 6.61 Å². The van der Waals surface area contributed by atoms with E-state index in [0.29, 0.717) is 18.6 Å². The molecule has 0 radical (unpaired) electrons. The molecule has 1 unspecified atom stereocenters. The second-order valence-corrected chi connectivity index (χ2v) is 4.82. The average Bonchev–Trinajstić information content (AvgIpc) is 2.26. The zero-order chi connectivity index (χ0) is 13.1. The van der Waals surface area contributed by atoms with E-state index < -0.39 is 11.4 Å². The number of ether oxygens (including phenoxy) is 1. The van der Waals surface area contributed by atoms with E-state index >= 15 is 0 Å². The topological polar surface area (TPSA) is 43.4 Å². The van der Waals surface area contributed by atoms with Gasteiger partial charge in [-0.2, -0.15) is 0 Å². The third-order valence-corrected chi connectivity index (χ3v) is 3.22. The molecule has 1 aliphatic rings. The van der Waals surface area contributed by atoms with Crippen LogP contribution in [-0.2, 0) is 14.3 Å². The fourth-order valence-corrected chi connectivity index (χ4v) is 2.23. The van der Waals surface area contributed by atoms with Gasteiger partial charge in [-0.25, -0.2) is 4.79 Å². The Hall–Kier alpha value is -1.38. The normalized spacial score (nSPS) is 24.2. The summed E-state index contributed by atoms with van der Waals surface area (Å²) in [5.41, 5.74) is 0.677. The quantitative estimate of drug-likeness (QED) is 0.557. The lowest BCUT2D eigenvalue weighted by Crippen LogP contribution is -2.32. The van der Waals surface area contributed by atoms with Crippen LogP contribution in [0.4, 0.5) is 0 Å². The van der Waals surface area contributed by atoms with Crippen molar-refractivity contribution in [3.05, 3.63) is 23.8 Å². The van der Waals surface area contributed by atoms with E-state index in [1.165, 1.54) is 0 Å². The van der Waals surface area contributed by atoms with Crippen molar-refractivity contribution in [3.8, 4) is 0 Å². The maximum absolute atomic E-state index is 12.1. The van der Waals surface area contributed by atoms with E-state index in [1.807, 2.05) is 19.9 Å². The highest BCUT2D eigenvalue weighted by atomic mass is 16.5. The molecule has 1 atom stereocenters. The Bertz CT molecular complexity index is 379. The van der Waals surface area contributed by atoms with Crippen LogP contribution in [0.15, 0.2) is 23.8 Å². The molecule has 3 heteroatoms. The SMILES string of the molecule is C=C(CC1(C)CCC=C(C)C1=O)C(=O)OCC. The van der Waals surface area contributed by atoms with Gasteiger partial charge in [0.25, 0.3) is 0 Å². The minimum absolute atomic E-state index is 0.120. The average molecular weight is 236 g/mol. The summed E-state index contributed by atoms with van der Waals surface area (Å²) >= 11 is 0. The molecule has 0 aliphatic heterocycles. The number of esters is 1. The molecule has 0 heterocycles. The van der Waals surface area contributed by atoms with E-state index in [2.05, 4.69) is 6.58 Å². The third-order valence-electron chi connectivity index (χ3n) is 3.22. The summed E-state index contributed by atoms with van der Waals surface area (Å²) in [5.74, 6) is -0.275. The number of carbonyl (C=O) groups excluding carboxylic acids is 2. The van der Waals surface area contributed by atoms with Crippen LogP contribution in [0.2, 0.25) is 0 Å².